The van der Waals surface area contributed by atoms with Crippen molar-refractivity contribution in [3.05, 3.63) is 63.4 Å². The molecule has 1 N–H and O–H groups in total. The molecule has 1 atom stereocenters. The number of benzene rings is 2. The van der Waals surface area contributed by atoms with Crippen LogP contribution < -0.4 is 10.1 Å². The van der Waals surface area contributed by atoms with Gasteiger partial charge in [-0.15, -0.1) is 0 Å². The van der Waals surface area contributed by atoms with E-state index in [2.05, 4.69) is 21.2 Å². The summed E-state index contributed by atoms with van der Waals surface area (Å²) in [5, 5.41) is 3.34. The molecule has 0 heterocycles. The van der Waals surface area contributed by atoms with Gasteiger partial charge in [-0.1, -0.05) is 47.1 Å². The van der Waals surface area contributed by atoms with E-state index in [-0.39, 0.29) is 17.6 Å². The average molecular weight is 352 g/mol. The Morgan fingerprint density at radius 2 is 2.00 bits per heavy atom. The highest BCUT2D eigenvalue weighted by atomic mass is 79.9. The fraction of sp³-hybridized carbons (Fsp3) is 0.294. The van der Waals surface area contributed by atoms with Gasteiger partial charge in [0.2, 0.25) is 0 Å². The fourth-order valence-corrected chi connectivity index (χ4v) is 3.09. The Hall–Kier alpha value is -1.39. The van der Waals surface area contributed by atoms with Gasteiger partial charge in [-0.2, -0.15) is 0 Å². The van der Waals surface area contributed by atoms with Crippen LogP contribution in [0.5, 0.6) is 5.75 Å². The van der Waals surface area contributed by atoms with Crippen LogP contribution in [0.4, 0.5) is 4.39 Å². The number of ether oxygens (including phenoxy) is 1. The van der Waals surface area contributed by atoms with Crippen molar-refractivity contribution in [1.29, 1.82) is 0 Å². The second-order valence-electron chi connectivity index (χ2n) is 4.88. The zero-order chi connectivity index (χ0) is 15.4. The third kappa shape index (κ3) is 3.44. The summed E-state index contributed by atoms with van der Waals surface area (Å²) >= 11 is 3.58. The summed E-state index contributed by atoms with van der Waals surface area (Å²) in [6.45, 7) is 4.78. The van der Waals surface area contributed by atoms with Crippen LogP contribution in [0.25, 0.3) is 0 Å². The first-order valence-electron chi connectivity index (χ1n) is 6.90. The number of aryl methyl sites for hydroxylation is 1. The monoisotopic (exact) mass is 351 g/mol. The van der Waals surface area contributed by atoms with E-state index in [1.165, 1.54) is 7.11 Å². The molecule has 0 aliphatic rings. The minimum absolute atomic E-state index is 0.222. The molecule has 2 aromatic carbocycles. The van der Waals surface area contributed by atoms with E-state index in [0.717, 1.165) is 22.1 Å². The first kappa shape index (κ1) is 16.0. The topological polar surface area (TPSA) is 21.3 Å². The number of hydrogen-bond donors (Lipinski definition) is 1. The molecule has 0 aliphatic carbocycles. The standard InChI is InChI=1S/C17H19BrFNO/c1-4-20-17(12-9-8-11(2)10-14(12)18)13-6-5-7-15(21-3)16(13)19/h5-10,17,20H,4H2,1-3H3. The van der Waals surface area contributed by atoms with Gasteiger partial charge in [0, 0.05) is 10.0 Å². The van der Waals surface area contributed by atoms with E-state index >= 15 is 0 Å². The van der Waals surface area contributed by atoms with Crippen LogP contribution in [-0.2, 0) is 0 Å². The van der Waals surface area contributed by atoms with Crippen LogP contribution in [0.3, 0.4) is 0 Å². The van der Waals surface area contributed by atoms with Crippen molar-refractivity contribution in [2.45, 2.75) is 19.9 Å². The highest BCUT2D eigenvalue weighted by Gasteiger charge is 2.21. The number of rotatable bonds is 5. The average Bonchev–Trinajstić information content (AvgIpc) is 2.46. The molecule has 0 spiro atoms. The molecule has 112 valence electrons. The lowest BCUT2D eigenvalue weighted by Gasteiger charge is -2.22. The van der Waals surface area contributed by atoms with Gasteiger partial charge in [-0.3, -0.25) is 0 Å². The van der Waals surface area contributed by atoms with E-state index in [0.29, 0.717) is 5.56 Å². The zero-order valence-electron chi connectivity index (χ0n) is 12.4. The zero-order valence-corrected chi connectivity index (χ0v) is 14.0. The second kappa shape index (κ2) is 7.05. The van der Waals surface area contributed by atoms with Crippen LogP contribution in [-0.4, -0.2) is 13.7 Å². The highest BCUT2D eigenvalue weighted by Crippen LogP contribution is 2.33. The van der Waals surface area contributed by atoms with Gasteiger partial charge in [-0.25, -0.2) is 4.39 Å². The molecule has 0 aromatic heterocycles. The third-order valence-corrected chi connectivity index (χ3v) is 4.09. The quantitative estimate of drug-likeness (QED) is 0.849. The van der Waals surface area contributed by atoms with Crippen molar-refractivity contribution < 1.29 is 9.13 Å². The van der Waals surface area contributed by atoms with Gasteiger partial charge in [0.1, 0.15) is 0 Å². The first-order valence-corrected chi connectivity index (χ1v) is 7.69. The molecule has 2 nitrogen and oxygen atoms in total. The number of nitrogens with one attached hydrogen (secondary N) is 1. The van der Waals surface area contributed by atoms with Gasteiger partial charge >= 0.3 is 0 Å². The Morgan fingerprint density at radius 1 is 1.24 bits per heavy atom. The molecular formula is C17H19BrFNO. The smallest absolute Gasteiger partial charge is 0.170 e. The van der Waals surface area contributed by atoms with Crippen LogP contribution in [0.1, 0.15) is 29.7 Å². The lowest BCUT2D eigenvalue weighted by Crippen LogP contribution is -2.23. The van der Waals surface area contributed by atoms with Crippen molar-refractivity contribution >= 4 is 15.9 Å². The molecule has 0 saturated heterocycles. The fourth-order valence-electron chi connectivity index (χ4n) is 2.37. The van der Waals surface area contributed by atoms with Crippen molar-refractivity contribution in [3.63, 3.8) is 0 Å². The van der Waals surface area contributed by atoms with Crippen LogP contribution in [0.15, 0.2) is 40.9 Å². The van der Waals surface area contributed by atoms with Gasteiger partial charge in [0.15, 0.2) is 11.6 Å². The van der Waals surface area contributed by atoms with Gasteiger partial charge in [0.25, 0.3) is 0 Å². The molecular weight excluding hydrogens is 333 g/mol. The molecule has 4 heteroatoms. The predicted octanol–water partition coefficient (Wildman–Crippen LogP) is 4.60. The summed E-state index contributed by atoms with van der Waals surface area (Å²) in [6.07, 6.45) is 0. The minimum Gasteiger partial charge on any atom is -0.494 e. The van der Waals surface area contributed by atoms with Crippen molar-refractivity contribution in [2.75, 3.05) is 13.7 Å². The van der Waals surface area contributed by atoms with Gasteiger partial charge < -0.3 is 10.1 Å². The molecule has 1 unspecified atom stereocenters. The highest BCUT2D eigenvalue weighted by molar-refractivity contribution is 9.10. The molecule has 0 amide bonds. The maximum atomic E-state index is 14.6. The van der Waals surface area contributed by atoms with E-state index in [1.54, 1.807) is 12.1 Å². The van der Waals surface area contributed by atoms with Crippen LogP contribution in [0, 0.1) is 12.7 Å². The lowest BCUT2D eigenvalue weighted by molar-refractivity contribution is 0.381. The lowest BCUT2D eigenvalue weighted by atomic mass is 9.97. The van der Waals surface area contributed by atoms with Gasteiger partial charge in [0.05, 0.1) is 13.2 Å². The molecule has 0 radical (unpaired) electrons. The summed E-state index contributed by atoms with van der Waals surface area (Å²) in [5.41, 5.74) is 2.75. The largest absolute Gasteiger partial charge is 0.494 e. The Balaban J connectivity index is 2.53. The van der Waals surface area contributed by atoms with Crippen molar-refractivity contribution in [1.82, 2.24) is 5.32 Å². The molecule has 2 aromatic rings. The number of hydrogen-bond acceptors (Lipinski definition) is 2. The molecule has 2 rings (SSSR count). The summed E-state index contributed by atoms with van der Waals surface area (Å²) in [4.78, 5) is 0. The molecule has 0 aliphatic heterocycles. The minimum atomic E-state index is -0.321. The van der Waals surface area contributed by atoms with Crippen LogP contribution >= 0.6 is 15.9 Å². The Kier molecular flexibility index (Phi) is 5.37. The number of methoxy groups -OCH3 is 1. The summed E-state index contributed by atoms with van der Waals surface area (Å²) in [5.74, 6) is -0.0583. The van der Waals surface area contributed by atoms with Crippen molar-refractivity contribution in [2.24, 2.45) is 0 Å². The molecule has 0 fully saturated rings. The maximum Gasteiger partial charge on any atom is 0.170 e. The maximum absolute atomic E-state index is 14.6. The molecule has 0 saturated carbocycles. The Bertz CT molecular complexity index is 630. The summed E-state index contributed by atoms with van der Waals surface area (Å²) < 4.78 is 20.6. The SMILES string of the molecule is CCNC(c1ccc(C)cc1Br)c1cccc(OC)c1F. The molecule has 21 heavy (non-hydrogen) atoms. The Labute approximate surface area is 133 Å². The van der Waals surface area contributed by atoms with Crippen molar-refractivity contribution in [3.8, 4) is 5.75 Å². The third-order valence-electron chi connectivity index (χ3n) is 3.40. The first-order chi connectivity index (χ1) is 10.1. The second-order valence-corrected chi connectivity index (χ2v) is 5.73. The van der Waals surface area contributed by atoms with E-state index < -0.39 is 0 Å². The van der Waals surface area contributed by atoms with E-state index in [4.69, 9.17) is 4.74 Å². The Morgan fingerprint density at radius 3 is 2.62 bits per heavy atom. The van der Waals surface area contributed by atoms with E-state index in [1.807, 2.05) is 38.1 Å². The summed E-state index contributed by atoms with van der Waals surface area (Å²) in [7, 11) is 1.48. The molecule has 0 bridgehead atoms. The van der Waals surface area contributed by atoms with Gasteiger partial charge in [-0.05, 0) is 36.7 Å². The predicted molar refractivity (Wildman–Crippen MR) is 87.4 cm³/mol. The normalized spacial score (nSPS) is 12.2. The van der Waals surface area contributed by atoms with Crippen LogP contribution in [0.2, 0.25) is 0 Å². The summed E-state index contributed by atoms with van der Waals surface area (Å²) in [6, 6.07) is 11.1. The number of halogens is 2. The van der Waals surface area contributed by atoms with E-state index in [9.17, 15) is 4.39 Å².